The number of carbonyl (C=O) groups is 1. The van der Waals surface area contributed by atoms with Gasteiger partial charge in [0.15, 0.2) is 0 Å². The number of hydrogen-bond acceptors (Lipinski definition) is 2. The van der Waals surface area contributed by atoms with Gasteiger partial charge in [-0.25, -0.2) is 0 Å². The maximum Gasteiger partial charge on any atom is 0.303 e. The predicted molar refractivity (Wildman–Crippen MR) is 60.9 cm³/mol. The first-order chi connectivity index (χ1) is 7.22. The molecule has 3 nitrogen and oxygen atoms in total. The summed E-state index contributed by atoms with van der Waals surface area (Å²) in [5.41, 5.74) is 0. The molecule has 1 atom stereocenters. The second kappa shape index (κ2) is 6.83. The number of hydrogen-bond donors (Lipinski definition) is 1. The molecule has 0 spiro atoms. The first-order valence-electron chi connectivity index (χ1n) is 6.16. The summed E-state index contributed by atoms with van der Waals surface area (Å²) in [6.45, 7) is 5.93. The summed E-state index contributed by atoms with van der Waals surface area (Å²) >= 11 is 0. The molecule has 1 rings (SSSR count). The monoisotopic (exact) mass is 213 g/mol. The van der Waals surface area contributed by atoms with Crippen LogP contribution in [0.3, 0.4) is 0 Å². The summed E-state index contributed by atoms with van der Waals surface area (Å²) in [6.07, 6.45) is 6.03. The Kier molecular flexibility index (Phi) is 5.69. The highest BCUT2D eigenvalue weighted by Crippen LogP contribution is 2.19. The zero-order chi connectivity index (χ0) is 11.1. The van der Waals surface area contributed by atoms with E-state index in [1.54, 1.807) is 0 Å². The van der Waals surface area contributed by atoms with E-state index in [1.165, 1.54) is 25.9 Å². The van der Waals surface area contributed by atoms with Crippen molar-refractivity contribution in [3.8, 4) is 0 Å². The minimum atomic E-state index is -0.665. The van der Waals surface area contributed by atoms with E-state index in [-0.39, 0.29) is 0 Å². The van der Waals surface area contributed by atoms with E-state index in [0.29, 0.717) is 6.42 Å². The van der Waals surface area contributed by atoms with Crippen LogP contribution in [-0.4, -0.2) is 35.6 Å². The summed E-state index contributed by atoms with van der Waals surface area (Å²) < 4.78 is 0. The molecule has 3 heteroatoms. The average molecular weight is 213 g/mol. The van der Waals surface area contributed by atoms with Gasteiger partial charge < -0.3 is 10.0 Å². The molecule has 0 aliphatic carbocycles. The molecular formula is C12H23NO2. The van der Waals surface area contributed by atoms with Crippen molar-refractivity contribution >= 4 is 5.97 Å². The fraction of sp³-hybridized carbons (Fsp3) is 0.917. The highest BCUT2D eigenvalue weighted by atomic mass is 16.4. The maximum absolute atomic E-state index is 10.3. The summed E-state index contributed by atoms with van der Waals surface area (Å²) in [5.74, 6) is 0.242. The number of aliphatic carboxylic acids is 1. The Morgan fingerprint density at radius 2 is 2.20 bits per heavy atom. The maximum atomic E-state index is 10.3. The van der Waals surface area contributed by atoms with Crippen molar-refractivity contribution in [2.75, 3.05) is 19.6 Å². The molecule has 1 heterocycles. The number of nitrogens with zero attached hydrogens (tertiary/aromatic N) is 1. The lowest BCUT2D eigenvalue weighted by atomic mass is 10.1. The Hall–Kier alpha value is -0.570. The smallest absolute Gasteiger partial charge is 0.303 e. The molecule has 0 radical (unpaired) electrons. The Bertz CT molecular complexity index is 194. The van der Waals surface area contributed by atoms with E-state index in [4.69, 9.17) is 5.11 Å². The highest BCUT2D eigenvalue weighted by Gasteiger charge is 2.19. The molecule has 0 aromatic carbocycles. The lowest BCUT2D eigenvalue weighted by Crippen LogP contribution is -2.21. The second-order valence-electron chi connectivity index (χ2n) is 4.57. The van der Waals surface area contributed by atoms with Crippen LogP contribution in [0.5, 0.6) is 0 Å². The van der Waals surface area contributed by atoms with Crippen molar-refractivity contribution in [3.05, 3.63) is 0 Å². The fourth-order valence-electron chi connectivity index (χ4n) is 2.24. The third-order valence-electron chi connectivity index (χ3n) is 3.31. The topological polar surface area (TPSA) is 40.5 Å². The molecule has 0 amide bonds. The number of unbranched alkanes of at least 4 members (excludes halogenated alkanes) is 2. The molecule has 88 valence electrons. The van der Waals surface area contributed by atoms with Crippen LogP contribution >= 0.6 is 0 Å². The second-order valence-corrected chi connectivity index (χ2v) is 4.57. The van der Waals surface area contributed by atoms with Crippen molar-refractivity contribution in [2.24, 2.45) is 5.92 Å². The molecule has 0 aromatic heterocycles. The van der Waals surface area contributed by atoms with E-state index < -0.39 is 5.97 Å². The van der Waals surface area contributed by atoms with Gasteiger partial charge in [0, 0.05) is 13.0 Å². The number of carboxylic acid groups (broad SMARTS) is 1. The highest BCUT2D eigenvalue weighted by molar-refractivity contribution is 5.66. The van der Waals surface area contributed by atoms with Crippen LogP contribution in [0.4, 0.5) is 0 Å². The third-order valence-corrected chi connectivity index (χ3v) is 3.31. The molecule has 1 unspecified atom stereocenters. The molecule has 1 aliphatic rings. The molecular weight excluding hydrogens is 190 g/mol. The van der Waals surface area contributed by atoms with Gasteiger partial charge in [-0.15, -0.1) is 0 Å². The fourth-order valence-corrected chi connectivity index (χ4v) is 2.24. The lowest BCUT2D eigenvalue weighted by molar-refractivity contribution is -0.137. The van der Waals surface area contributed by atoms with E-state index >= 15 is 0 Å². The van der Waals surface area contributed by atoms with Gasteiger partial charge >= 0.3 is 5.97 Å². The molecule has 0 saturated carbocycles. The van der Waals surface area contributed by atoms with Crippen LogP contribution in [-0.2, 0) is 4.79 Å². The third kappa shape index (κ3) is 5.17. The van der Waals surface area contributed by atoms with Crippen LogP contribution in [0.2, 0.25) is 0 Å². The van der Waals surface area contributed by atoms with E-state index in [9.17, 15) is 4.79 Å². The first-order valence-corrected chi connectivity index (χ1v) is 6.16. The van der Waals surface area contributed by atoms with Crippen molar-refractivity contribution in [1.29, 1.82) is 0 Å². The molecule has 15 heavy (non-hydrogen) atoms. The lowest BCUT2D eigenvalue weighted by Gasteiger charge is -2.14. The Labute approximate surface area is 92.5 Å². The summed E-state index contributed by atoms with van der Waals surface area (Å²) in [7, 11) is 0. The van der Waals surface area contributed by atoms with Crippen molar-refractivity contribution in [2.45, 2.75) is 45.4 Å². The quantitative estimate of drug-likeness (QED) is 0.660. The van der Waals surface area contributed by atoms with Crippen molar-refractivity contribution in [3.63, 3.8) is 0 Å². The molecule has 1 saturated heterocycles. The number of likely N-dealkylation sites (tertiary alicyclic amines) is 1. The van der Waals surface area contributed by atoms with E-state index in [0.717, 1.165) is 31.7 Å². The summed E-state index contributed by atoms with van der Waals surface area (Å²) in [4.78, 5) is 12.8. The van der Waals surface area contributed by atoms with Gasteiger partial charge in [-0.2, -0.15) is 0 Å². The number of carboxylic acids is 1. The van der Waals surface area contributed by atoms with Gasteiger partial charge in [-0.05, 0) is 38.3 Å². The molecule has 0 bridgehead atoms. The van der Waals surface area contributed by atoms with Crippen LogP contribution < -0.4 is 0 Å². The van der Waals surface area contributed by atoms with Crippen molar-refractivity contribution in [1.82, 2.24) is 4.90 Å². The molecule has 1 aliphatic heterocycles. The van der Waals surface area contributed by atoms with Crippen LogP contribution in [0.1, 0.15) is 45.4 Å². The van der Waals surface area contributed by atoms with E-state index in [2.05, 4.69) is 11.8 Å². The minimum absolute atomic E-state index is 0.331. The zero-order valence-corrected chi connectivity index (χ0v) is 9.74. The normalized spacial score (nSPS) is 22.1. The van der Waals surface area contributed by atoms with E-state index in [1.807, 2.05) is 0 Å². The van der Waals surface area contributed by atoms with Gasteiger partial charge in [-0.3, -0.25) is 4.79 Å². The van der Waals surface area contributed by atoms with Gasteiger partial charge in [0.05, 0.1) is 0 Å². The average Bonchev–Trinajstić information content (AvgIpc) is 2.65. The molecule has 0 aromatic rings. The Balaban J connectivity index is 1.94. The summed E-state index contributed by atoms with van der Waals surface area (Å²) in [6, 6.07) is 0. The largest absolute Gasteiger partial charge is 0.481 e. The minimum Gasteiger partial charge on any atom is -0.481 e. The Morgan fingerprint density at radius 1 is 1.40 bits per heavy atom. The standard InChI is InChI=1S/C12H23NO2/c1-2-11-7-9-13(10-11)8-5-3-4-6-12(14)15/h11H,2-10H2,1H3,(H,14,15). The molecule has 1 fully saturated rings. The SMILES string of the molecule is CCC1CCN(CCCCCC(=O)O)C1. The van der Waals surface area contributed by atoms with Crippen molar-refractivity contribution < 1.29 is 9.90 Å². The van der Waals surface area contributed by atoms with Crippen LogP contribution in [0.25, 0.3) is 0 Å². The molecule has 1 N–H and O–H groups in total. The predicted octanol–water partition coefficient (Wildman–Crippen LogP) is 2.36. The van der Waals surface area contributed by atoms with Gasteiger partial charge in [0.2, 0.25) is 0 Å². The van der Waals surface area contributed by atoms with Gasteiger partial charge in [0.25, 0.3) is 0 Å². The zero-order valence-electron chi connectivity index (χ0n) is 9.74. The summed E-state index contributed by atoms with van der Waals surface area (Å²) in [5, 5.41) is 8.48. The van der Waals surface area contributed by atoms with Crippen LogP contribution in [0, 0.1) is 5.92 Å². The van der Waals surface area contributed by atoms with Gasteiger partial charge in [0.1, 0.15) is 0 Å². The Morgan fingerprint density at radius 3 is 2.80 bits per heavy atom. The van der Waals surface area contributed by atoms with Crippen LogP contribution in [0.15, 0.2) is 0 Å². The van der Waals surface area contributed by atoms with Gasteiger partial charge in [-0.1, -0.05) is 19.8 Å². The first kappa shape index (κ1) is 12.5. The number of rotatable bonds is 7.